The van der Waals surface area contributed by atoms with Crippen molar-refractivity contribution in [2.24, 2.45) is 0 Å². The van der Waals surface area contributed by atoms with E-state index < -0.39 is 0 Å². The number of methoxy groups -OCH3 is 1. The number of hydrogen-bond acceptors (Lipinski definition) is 4. The molecule has 0 atom stereocenters. The smallest absolute Gasteiger partial charge is 0.119 e. The minimum Gasteiger partial charge on any atom is -0.497 e. The van der Waals surface area contributed by atoms with E-state index in [1.807, 2.05) is 18.2 Å². The number of ether oxygens (including phenoxy) is 1. The Labute approximate surface area is 116 Å². The van der Waals surface area contributed by atoms with Gasteiger partial charge in [-0.25, -0.2) is 0 Å². The summed E-state index contributed by atoms with van der Waals surface area (Å²) >= 11 is 3.51. The fraction of sp³-hybridized carbons (Fsp3) is 0.538. The van der Waals surface area contributed by atoms with Gasteiger partial charge in [0, 0.05) is 30.7 Å². The van der Waals surface area contributed by atoms with E-state index in [1.54, 1.807) is 7.11 Å². The molecule has 0 spiro atoms. The zero-order valence-corrected chi connectivity index (χ0v) is 12.2. The zero-order valence-electron chi connectivity index (χ0n) is 10.6. The van der Waals surface area contributed by atoms with E-state index in [0.29, 0.717) is 13.0 Å². The van der Waals surface area contributed by atoms with Crippen molar-refractivity contribution >= 4 is 15.9 Å². The Hall–Kier alpha value is -0.620. The zero-order chi connectivity index (χ0) is 13.4. The van der Waals surface area contributed by atoms with Crippen LogP contribution in [0.3, 0.4) is 0 Å². The summed E-state index contributed by atoms with van der Waals surface area (Å²) in [6.07, 6.45) is 0.710. The number of rotatable bonds is 8. The average Bonchev–Trinajstić information content (AvgIpc) is 2.38. The van der Waals surface area contributed by atoms with Crippen molar-refractivity contribution in [1.29, 1.82) is 0 Å². The fourth-order valence-electron chi connectivity index (χ4n) is 1.75. The second-order valence-corrected chi connectivity index (χ2v) is 4.89. The molecule has 0 aliphatic rings. The number of nitrogens with zero attached hydrogens (tertiary/aromatic N) is 1. The topological polar surface area (TPSA) is 52.9 Å². The lowest BCUT2D eigenvalue weighted by atomic mass is 10.2. The van der Waals surface area contributed by atoms with Gasteiger partial charge in [0.25, 0.3) is 0 Å². The third kappa shape index (κ3) is 4.94. The highest BCUT2D eigenvalue weighted by Crippen LogP contribution is 2.23. The van der Waals surface area contributed by atoms with Crippen molar-refractivity contribution < 1.29 is 14.9 Å². The van der Waals surface area contributed by atoms with Crippen LogP contribution in [0, 0.1) is 0 Å². The third-order valence-electron chi connectivity index (χ3n) is 2.70. The van der Waals surface area contributed by atoms with Crippen LogP contribution >= 0.6 is 15.9 Å². The summed E-state index contributed by atoms with van der Waals surface area (Å²) in [6, 6.07) is 5.84. The molecule has 0 aliphatic carbocycles. The molecule has 0 unspecified atom stereocenters. The highest BCUT2D eigenvalue weighted by Gasteiger charge is 2.09. The highest BCUT2D eigenvalue weighted by atomic mass is 79.9. The summed E-state index contributed by atoms with van der Waals surface area (Å²) in [4.78, 5) is 2.11. The van der Waals surface area contributed by atoms with Crippen molar-refractivity contribution in [2.75, 3.05) is 33.4 Å². The molecule has 0 radical (unpaired) electrons. The first kappa shape index (κ1) is 15.4. The van der Waals surface area contributed by atoms with Crippen LogP contribution in [0.25, 0.3) is 0 Å². The predicted molar refractivity (Wildman–Crippen MR) is 74.8 cm³/mol. The molecular weight excluding hydrogens is 298 g/mol. The first-order valence-corrected chi connectivity index (χ1v) is 6.77. The van der Waals surface area contributed by atoms with Gasteiger partial charge in [-0.05, 0) is 30.2 Å². The van der Waals surface area contributed by atoms with Crippen molar-refractivity contribution in [2.45, 2.75) is 13.0 Å². The van der Waals surface area contributed by atoms with Crippen molar-refractivity contribution in [3.05, 3.63) is 28.2 Å². The molecule has 2 N–H and O–H groups in total. The molecular formula is C13H20BrNO3. The summed E-state index contributed by atoms with van der Waals surface area (Å²) in [6.45, 7) is 2.37. The summed E-state index contributed by atoms with van der Waals surface area (Å²) < 4.78 is 6.23. The molecule has 0 bridgehead atoms. The summed E-state index contributed by atoms with van der Waals surface area (Å²) in [5.74, 6) is 0.819. The minimum absolute atomic E-state index is 0.118. The molecule has 18 heavy (non-hydrogen) atoms. The van der Waals surface area contributed by atoms with E-state index in [2.05, 4.69) is 20.8 Å². The molecule has 0 fully saturated rings. The van der Waals surface area contributed by atoms with E-state index in [0.717, 1.165) is 28.9 Å². The van der Waals surface area contributed by atoms with Gasteiger partial charge in [0.15, 0.2) is 0 Å². The van der Waals surface area contributed by atoms with Crippen LogP contribution in [0.1, 0.15) is 12.0 Å². The molecule has 0 heterocycles. The molecule has 0 aliphatic heterocycles. The Balaban J connectivity index is 2.72. The van der Waals surface area contributed by atoms with Crippen molar-refractivity contribution in [3.63, 3.8) is 0 Å². The minimum atomic E-state index is 0.118. The predicted octanol–water partition coefficient (Wildman–Crippen LogP) is 1.63. The first-order chi connectivity index (χ1) is 8.71. The molecule has 1 aromatic carbocycles. The Morgan fingerprint density at radius 1 is 1.22 bits per heavy atom. The molecule has 0 aromatic heterocycles. The number of benzene rings is 1. The largest absolute Gasteiger partial charge is 0.497 e. The maximum atomic E-state index is 9.04. The lowest BCUT2D eigenvalue weighted by molar-refractivity contribution is 0.174. The van der Waals surface area contributed by atoms with Gasteiger partial charge in [0.2, 0.25) is 0 Å². The number of aliphatic hydroxyl groups is 2. The number of aliphatic hydroxyl groups excluding tert-OH is 2. The van der Waals surface area contributed by atoms with E-state index >= 15 is 0 Å². The SMILES string of the molecule is COc1ccc(Br)c(CN(CCO)CCCO)c1. The lowest BCUT2D eigenvalue weighted by Crippen LogP contribution is -2.28. The second kappa shape index (κ2) is 8.48. The van der Waals surface area contributed by atoms with Gasteiger partial charge < -0.3 is 14.9 Å². The van der Waals surface area contributed by atoms with Gasteiger partial charge in [0.1, 0.15) is 5.75 Å². The normalized spacial score (nSPS) is 10.9. The third-order valence-corrected chi connectivity index (χ3v) is 3.47. The van der Waals surface area contributed by atoms with Crippen LogP contribution in [0.5, 0.6) is 5.75 Å². The van der Waals surface area contributed by atoms with Crippen molar-refractivity contribution in [3.8, 4) is 5.75 Å². The highest BCUT2D eigenvalue weighted by molar-refractivity contribution is 9.10. The van der Waals surface area contributed by atoms with Crippen LogP contribution in [-0.2, 0) is 6.54 Å². The van der Waals surface area contributed by atoms with Crippen LogP contribution in [0.2, 0.25) is 0 Å². The molecule has 102 valence electrons. The molecule has 1 aromatic rings. The van der Waals surface area contributed by atoms with E-state index in [-0.39, 0.29) is 13.2 Å². The van der Waals surface area contributed by atoms with Gasteiger partial charge in [-0.3, -0.25) is 4.90 Å². The van der Waals surface area contributed by atoms with Crippen LogP contribution in [-0.4, -0.2) is 48.5 Å². The number of halogens is 1. The standard InChI is InChI=1S/C13H20BrNO3/c1-18-12-3-4-13(14)11(9-12)10-15(6-8-17)5-2-7-16/h3-4,9,16-17H,2,5-8,10H2,1H3. The molecule has 5 heteroatoms. The average molecular weight is 318 g/mol. The van der Waals surface area contributed by atoms with Gasteiger partial charge in [-0.15, -0.1) is 0 Å². The van der Waals surface area contributed by atoms with Crippen LogP contribution in [0.4, 0.5) is 0 Å². The maximum Gasteiger partial charge on any atom is 0.119 e. The first-order valence-electron chi connectivity index (χ1n) is 5.97. The Morgan fingerprint density at radius 2 is 2.00 bits per heavy atom. The molecule has 0 amide bonds. The quantitative estimate of drug-likeness (QED) is 0.765. The second-order valence-electron chi connectivity index (χ2n) is 4.03. The Bertz CT molecular complexity index is 360. The van der Waals surface area contributed by atoms with Gasteiger partial charge in [0.05, 0.1) is 13.7 Å². The summed E-state index contributed by atoms with van der Waals surface area (Å²) in [5.41, 5.74) is 1.11. The molecule has 1 rings (SSSR count). The van der Waals surface area contributed by atoms with Gasteiger partial charge in [-0.1, -0.05) is 15.9 Å². The molecule has 0 saturated heterocycles. The molecule has 0 saturated carbocycles. The summed E-state index contributed by atoms with van der Waals surface area (Å²) in [7, 11) is 1.64. The van der Waals surface area contributed by atoms with Gasteiger partial charge >= 0.3 is 0 Å². The van der Waals surface area contributed by atoms with E-state index in [1.165, 1.54) is 0 Å². The van der Waals surface area contributed by atoms with Gasteiger partial charge in [-0.2, -0.15) is 0 Å². The van der Waals surface area contributed by atoms with E-state index in [9.17, 15) is 0 Å². The van der Waals surface area contributed by atoms with E-state index in [4.69, 9.17) is 14.9 Å². The molecule has 4 nitrogen and oxygen atoms in total. The number of hydrogen-bond donors (Lipinski definition) is 2. The Kier molecular flexibility index (Phi) is 7.27. The Morgan fingerprint density at radius 3 is 2.61 bits per heavy atom. The maximum absolute atomic E-state index is 9.04. The fourth-order valence-corrected chi connectivity index (χ4v) is 2.12. The van der Waals surface area contributed by atoms with Crippen LogP contribution < -0.4 is 4.74 Å². The van der Waals surface area contributed by atoms with Crippen molar-refractivity contribution in [1.82, 2.24) is 4.90 Å². The monoisotopic (exact) mass is 317 g/mol. The summed E-state index contributed by atoms with van der Waals surface area (Å²) in [5, 5.41) is 17.9. The van der Waals surface area contributed by atoms with Crippen LogP contribution in [0.15, 0.2) is 22.7 Å². The lowest BCUT2D eigenvalue weighted by Gasteiger charge is -2.21.